The molecule has 0 heterocycles. The van der Waals surface area contributed by atoms with Crippen molar-refractivity contribution in [1.82, 2.24) is 0 Å². The van der Waals surface area contributed by atoms with Gasteiger partial charge in [-0.2, -0.15) is 0 Å². The lowest BCUT2D eigenvalue weighted by atomic mass is 10.1. The van der Waals surface area contributed by atoms with Crippen molar-refractivity contribution >= 4 is 43.2 Å². The average Bonchev–Trinajstić information content (AvgIpc) is 2.73. The number of hydrogen-bond acceptors (Lipinski definition) is 5. The monoisotopic (exact) mass is 490 g/mol. The Labute approximate surface area is 183 Å². The molecule has 1 amide bonds. The Morgan fingerprint density at radius 1 is 0.933 bits per heavy atom. The number of methoxy groups -OCH3 is 2. The molecule has 7 nitrogen and oxygen atoms in total. The van der Waals surface area contributed by atoms with Crippen LogP contribution in [0.1, 0.15) is 10.4 Å². The van der Waals surface area contributed by atoms with E-state index in [0.717, 1.165) is 0 Å². The number of amides is 1. The van der Waals surface area contributed by atoms with Crippen molar-refractivity contribution in [2.45, 2.75) is 4.90 Å². The first-order valence-corrected chi connectivity index (χ1v) is 11.0. The number of carbonyl (C=O) groups excluding carboxylic acids is 1. The Morgan fingerprint density at radius 2 is 1.70 bits per heavy atom. The van der Waals surface area contributed by atoms with Crippen molar-refractivity contribution in [1.29, 1.82) is 0 Å². The normalized spacial score (nSPS) is 10.9. The third-order valence-corrected chi connectivity index (χ3v) is 6.16. The van der Waals surface area contributed by atoms with E-state index in [2.05, 4.69) is 26.0 Å². The zero-order valence-corrected chi connectivity index (χ0v) is 18.6. The Hall–Kier alpha value is -3.04. The second-order valence-corrected chi connectivity index (χ2v) is 8.67. The molecule has 2 N–H and O–H groups in total. The fraction of sp³-hybridized carbons (Fsp3) is 0.0952. The summed E-state index contributed by atoms with van der Waals surface area (Å²) >= 11 is 3.28. The molecule has 9 heteroatoms. The second kappa shape index (κ2) is 9.19. The molecule has 0 saturated carbocycles. The Bertz CT molecular complexity index is 1180. The molecule has 0 saturated heterocycles. The molecule has 3 aromatic rings. The minimum atomic E-state index is -3.94. The van der Waals surface area contributed by atoms with E-state index >= 15 is 0 Å². The number of halogens is 1. The molecule has 30 heavy (non-hydrogen) atoms. The lowest BCUT2D eigenvalue weighted by molar-refractivity contribution is 0.102. The Morgan fingerprint density at radius 3 is 2.40 bits per heavy atom. The first-order valence-electron chi connectivity index (χ1n) is 8.75. The minimum Gasteiger partial charge on any atom is -0.497 e. The van der Waals surface area contributed by atoms with Gasteiger partial charge < -0.3 is 14.8 Å². The van der Waals surface area contributed by atoms with Crippen molar-refractivity contribution in [3.8, 4) is 11.5 Å². The molecule has 3 rings (SSSR count). The predicted octanol–water partition coefficient (Wildman–Crippen LogP) is 4.52. The van der Waals surface area contributed by atoms with E-state index in [-0.39, 0.29) is 16.1 Å². The molecule has 3 aromatic carbocycles. The summed E-state index contributed by atoms with van der Waals surface area (Å²) in [5.74, 6) is 0.636. The van der Waals surface area contributed by atoms with Crippen LogP contribution in [-0.2, 0) is 10.0 Å². The molecule has 0 spiro atoms. The number of anilines is 2. The molecule has 0 fully saturated rings. The highest BCUT2D eigenvalue weighted by Crippen LogP contribution is 2.29. The van der Waals surface area contributed by atoms with Gasteiger partial charge in [0.2, 0.25) is 0 Å². The smallest absolute Gasteiger partial charge is 0.261 e. The molecule has 156 valence electrons. The standard InChI is InChI=1S/C21H19BrN2O5S/c1-28-15-7-5-6-14(12-15)23-21(25)17-8-3-4-9-19(17)24-30(26,27)16-10-11-20(29-2)18(22)13-16/h3-13,24H,1-2H3,(H,23,25). The number of sulfonamides is 1. The summed E-state index contributed by atoms with van der Waals surface area (Å²) in [7, 11) is -0.916. The molecule has 0 atom stereocenters. The third-order valence-electron chi connectivity index (χ3n) is 4.18. The van der Waals surface area contributed by atoms with Crippen molar-refractivity contribution in [3.63, 3.8) is 0 Å². The Balaban J connectivity index is 1.87. The highest BCUT2D eigenvalue weighted by molar-refractivity contribution is 9.10. The summed E-state index contributed by atoms with van der Waals surface area (Å²) in [6.07, 6.45) is 0. The number of carbonyl (C=O) groups is 1. The van der Waals surface area contributed by atoms with Gasteiger partial charge in [0.1, 0.15) is 11.5 Å². The second-order valence-electron chi connectivity index (χ2n) is 6.13. The van der Waals surface area contributed by atoms with E-state index in [1.807, 2.05) is 0 Å². The third kappa shape index (κ3) is 4.92. The van der Waals surface area contributed by atoms with Gasteiger partial charge >= 0.3 is 0 Å². The molecular weight excluding hydrogens is 472 g/mol. The van der Waals surface area contributed by atoms with Crippen LogP contribution in [0.4, 0.5) is 11.4 Å². The first kappa shape index (κ1) is 21.7. The maximum absolute atomic E-state index is 12.8. The van der Waals surface area contributed by atoms with Gasteiger partial charge in [0, 0.05) is 11.8 Å². The summed E-state index contributed by atoms with van der Waals surface area (Å²) in [6, 6.07) is 17.6. The number of para-hydroxylation sites is 1. The molecule has 0 radical (unpaired) electrons. The van der Waals surface area contributed by atoms with Crippen LogP contribution >= 0.6 is 15.9 Å². The zero-order chi connectivity index (χ0) is 21.7. The molecule has 0 aliphatic heterocycles. The molecule has 0 aliphatic carbocycles. The van der Waals surface area contributed by atoms with Crippen molar-refractivity contribution < 1.29 is 22.7 Å². The quantitative estimate of drug-likeness (QED) is 0.507. The van der Waals surface area contributed by atoms with Crippen molar-refractivity contribution in [2.24, 2.45) is 0 Å². The van der Waals surface area contributed by atoms with Gasteiger partial charge in [-0.05, 0) is 58.4 Å². The molecule has 0 unspecified atom stereocenters. The predicted molar refractivity (Wildman–Crippen MR) is 119 cm³/mol. The number of benzene rings is 3. The summed E-state index contributed by atoms with van der Waals surface area (Å²) in [5.41, 5.74) is 0.859. The first-order chi connectivity index (χ1) is 14.3. The van der Waals surface area contributed by atoms with Gasteiger partial charge in [0.15, 0.2) is 0 Å². The van der Waals surface area contributed by atoms with E-state index in [1.54, 1.807) is 42.5 Å². The minimum absolute atomic E-state index is 0.0261. The van der Waals surface area contributed by atoms with E-state index in [9.17, 15) is 13.2 Å². The van der Waals surface area contributed by atoms with Crippen LogP contribution in [0, 0.1) is 0 Å². The van der Waals surface area contributed by atoms with Gasteiger partial charge in [-0.25, -0.2) is 8.42 Å². The fourth-order valence-electron chi connectivity index (χ4n) is 2.69. The number of hydrogen-bond donors (Lipinski definition) is 2. The molecule has 0 aromatic heterocycles. The van der Waals surface area contributed by atoms with Crippen molar-refractivity contribution in [3.05, 3.63) is 76.8 Å². The highest BCUT2D eigenvalue weighted by Gasteiger charge is 2.20. The molecule has 0 aliphatic rings. The van der Waals surface area contributed by atoms with Crippen LogP contribution in [0.3, 0.4) is 0 Å². The van der Waals surface area contributed by atoms with Gasteiger partial charge in [-0.15, -0.1) is 0 Å². The van der Waals surface area contributed by atoms with Gasteiger partial charge in [-0.3, -0.25) is 9.52 Å². The van der Waals surface area contributed by atoms with Crippen LogP contribution in [-0.4, -0.2) is 28.5 Å². The van der Waals surface area contributed by atoms with E-state index < -0.39 is 15.9 Å². The van der Waals surface area contributed by atoms with Crippen molar-refractivity contribution in [2.75, 3.05) is 24.3 Å². The van der Waals surface area contributed by atoms with E-state index in [0.29, 0.717) is 21.7 Å². The lowest BCUT2D eigenvalue weighted by Crippen LogP contribution is -2.18. The summed E-state index contributed by atoms with van der Waals surface area (Å²) in [5, 5.41) is 2.75. The average molecular weight is 491 g/mol. The van der Waals surface area contributed by atoms with Gasteiger partial charge in [0.05, 0.1) is 34.8 Å². The van der Waals surface area contributed by atoms with Gasteiger partial charge in [-0.1, -0.05) is 18.2 Å². The largest absolute Gasteiger partial charge is 0.497 e. The van der Waals surface area contributed by atoms with Crippen LogP contribution < -0.4 is 19.5 Å². The van der Waals surface area contributed by atoms with Crippen LogP contribution in [0.5, 0.6) is 11.5 Å². The molecular formula is C21H19BrN2O5S. The Kier molecular flexibility index (Phi) is 6.63. The zero-order valence-electron chi connectivity index (χ0n) is 16.2. The number of ether oxygens (including phenoxy) is 2. The number of nitrogens with one attached hydrogen (secondary N) is 2. The van der Waals surface area contributed by atoms with E-state index in [4.69, 9.17) is 9.47 Å². The van der Waals surface area contributed by atoms with Crippen LogP contribution in [0.25, 0.3) is 0 Å². The summed E-state index contributed by atoms with van der Waals surface area (Å²) in [6.45, 7) is 0. The molecule has 0 bridgehead atoms. The summed E-state index contributed by atoms with van der Waals surface area (Å²) in [4.78, 5) is 12.8. The highest BCUT2D eigenvalue weighted by atomic mass is 79.9. The van der Waals surface area contributed by atoms with Crippen LogP contribution in [0.15, 0.2) is 76.1 Å². The lowest BCUT2D eigenvalue weighted by Gasteiger charge is -2.14. The SMILES string of the molecule is COc1cccc(NC(=O)c2ccccc2NS(=O)(=O)c2ccc(OC)c(Br)c2)c1. The number of rotatable bonds is 7. The maximum Gasteiger partial charge on any atom is 0.261 e. The maximum atomic E-state index is 12.8. The topological polar surface area (TPSA) is 93.7 Å². The van der Waals surface area contributed by atoms with E-state index in [1.165, 1.54) is 38.5 Å². The summed E-state index contributed by atoms with van der Waals surface area (Å²) < 4.78 is 39.0. The fourth-order valence-corrected chi connectivity index (χ4v) is 4.49. The van der Waals surface area contributed by atoms with Gasteiger partial charge in [0.25, 0.3) is 15.9 Å². The van der Waals surface area contributed by atoms with Crippen LogP contribution in [0.2, 0.25) is 0 Å².